The van der Waals surface area contributed by atoms with Crippen LogP contribution in [0.4, 0.5) is 5.00 Å². The molecule has 0 fully saturated rings. The maximum atomic E-state index is 12.2. The Labute approximate surface area is 119 Å². The van der Waals surface area contributed by atoms with Crippen LogP contribution in [0.2, 0.25) is 0 Å². The summed E-state index contributed by atoms with van der Waals surface area (Å²) in [5, 5.41) is 5.10. The van der Waals surface area contributed by atoms with Gasteiger partial charge in [0.25, 0.3) is 11.8 Å². The first-order chi connectivity index (χ1) is 8.90. The number of primary amides is 1. The lowest BCUT2D eigenvalue weighted by atomic mass is 10.1. The van der Waals surface area contributed by atoms with Gasteiger partial charge in [-0.2, -0.15) is 0 Å². The Balaban J connectivity index is 2.29. The van der Waals surface area contributed by atoms with Crippen LogP contribution in [0.1, 0.15) is 36.0 Å². The van der Waals surface area contributed by atoms with Crippen molar-refractivity contribution in [1.29, 1.82) is 0 Å². The van der Waals surface area contributed by atoms with Gasteiger partial charge in [0.15, 0.2) is 0 Å². The van der Waals surface area contributed by atoms with Crippen LogP contribution in [0.3, 0.4) is 0 Å². The van der Waals surface area contributed by atoms with Crippen molar-refractivity contribution in [1.82, 2.24) is 0 Å². The van der Waals surface area contributed by atoms with E-state index in [1.807, 2.05) is 26.2 Å². The van der Waals surface area contributed by atoms with E-state index in [9.17, 15) is 9.59 Å². The zero-order valence-electron chi connectivity index (χ0n) is 10.9. The minimum atomic E-state index is -0.530. The summed E-state index contributed by atoms with van der Waals surface area (Å²) in [4.78, 5) is 25.5. The third kappa shape index (κ3) is 2.69. The molecular formula is C13H14N2O2S2. The third-order valence-electron chi connectivity index (χ3n) is 2.88. The van der Waals surface area contributed by atoms with Gasteiger partial charge in [-0.1, -0.05) is 0 Å². The summed E-state index contributed by atoms with van der Waals surface area (Å²) in [5.74, 6) is -0.732. The van der Waals surface area contributed by atoms with Crippen molar-refractivity contribution in [2.24, 2.45) is 5.73 Å². The molecule has 2 rings (SSSR count). The molecule has 3 N–H and O–H groups in total. The quantitative estimate of drug-likeness (QED) is 0.913. The molecule has 0 aromatic carbocycles. The lowest BCUT2D eigenvalue weighted by molar-refractivity contribution is 0.100. The van der Waals surface area contributed by atoms with E-state index in [0.717, 1.165) is 15.3 Å². The Bertz CT molecular complexity index is 656. The van der Waals surface area contributed by atoms with E-state index >= 15 is 0 Å². The number of carbonyl (C=O) groups is 2. The number of aryl methyl sites for hydroxylation is 2. The topological polar surface area (TPSA) is 72.2 Å². The number of nitrogens with one attached hydrogen (secondary N) is 1. The largest absolute Gasteiger partial charge is 0.366 e. The molecule has 2 heterocycles. The smallest absolute Gasteiger partial charge is 0.257 e. The van der Waals surface area contributed by atoms with Gasteiger partial charge in [0.05, 0.1) is 11.1 Å². The van der Waals surface area contributed by atoms with Crippen LogP contribution in [-0.4, -0.2) is 11.8 Å². The van der Waals surface area contributed by atoms with Gasteiger partial charge in [-0.05, 0) is 32.4 Å². The fourth-order valence-electron chi connectivity index (χ4n) is 1.70. The molecule has 2 aromatic rings. The van der Waals surface area contributed by atoms with Crippen LogP contribution in [0.25, 0.3) is 0 Å². The summed E-state index contributed by atoms with van der Waals surface area (Å²) in [7, 11) is 0. The Morgan fingerprint density at radius 3 is 2.42 bits per heavy atom. The SMILES string of the molecule is Cc1cc(C(N)=O)c(NC(=O)c2csc(C)c2C)s1. The minimum absolute atomic E-state index is 0.203. The highest BCUT2D eigenvalue weighted by molar-refractivity contribution is 7.16. The Hall–Kier alpha value is -1.66. The summed E-state index contributed by atoms with van der Waals surface area (Å²) < 4.78 is 0. The molecule has 2 amide bonds. The standard InChI is InChI=1S/C13H14N2O2S2/c1-6-4-9(11(14)16)13(19-6)15-12(17)10-5-18-8(3)7(10)2/h4-5H,1-3H3,(H2,14,16)(H,15,17). The van der Waals surface area contributed by atoms with Crippen molar-refractivity contribution in [3.05, 3.63) is 37.9 Å². The lowest BCUT2D eigenvalue weighted by Crippen LogP contribution is -2.16. The number of thiophene rings is 2. The molecule has 4 nitrogen and oxygen atoms in total. The Morgan fingerprint density at radius 1 is 1.21 bits per heavy atom. The van der Waals surface area contributed by atoms with Gasteiger partial charge in [0.2, 0.25) is 0 Å². The predicted octanol–water partition coefficient (Wildman–Crippen LogP) is 3.09. The molecule has 0 unspecified atom stereocenters. The molecule has 0 spiro atoms. The van der Waals surface area contributed by atoms with Crippen molar-refractivity contribution < 1.29 is 9.59 Å². The molecular weight excluding hydrogens is 280 g/mol. The predicted molar refractivity (Wildman–Crippen MR) is 79.3 cm³/mol. The molecule has 0 atom stereocenters. The minimum Gasteiger partial charge on any atom is -0.366 e. The van der Waals surface area contributed by atoms with Crippen molar-refractivity contribution in [3.8, 4) is 0 Å². The summed E-state index contributed by atoms with van der Waals surface area (Å²) in [5.41, 5.74) is 7.27. The molecule has 6 heteroatoms. The molecule has 0 bridgehead atoms. The molecule has 0 saturated heterocycles. The highest BCUT2D eigenvalue weighted by Crippen LogP contribution is 2.29. The van der Waals surface area contributed by atoms with Gasteiger partial charge < -0.3 is 11.1 Å². The Kier molecular flexibility index (Phi) is 3.73. The number of nitrogens with two attached hydrogens (primary N) is 1. The first-order valence-corrected chi connectivity index (χ1v) is 7.36. The fraction of sp³-hybridized carbons (Fsp3) is 0.231. The molecule has 2 aromatic heterocycles. The highest BCUT2D eigenvalue weighted by Gasteiger charge is 2.17. The average molecular weight is 294 g/mol. The molecule has 100 valence electrons. The normalized spacial score (nSPS) is 10.5. The van der Waals surface area contributed by atoms with Gasteiger partial charge in [0, 0.05) is 15.1 Å². The van der Waals surface area contributed by atoms with Crippen LogP contribution >= 0.6 is 22.7 Å². The lowest BCUT2D eigenvalue weighted by Gasteiger charge is -2.04. The molecule has 0 saturated carbocycles. The van der Waals surface area contributed by atoms with Crippen molar-refractivity contribution in [2.45, 2.75) is 20.8 Å². The van der Waals surface area contributed by atoms with Crippen LogP contribution in [0, 0.1) is 20.8 Å². The second-order valence-corrected chi connectivity index (χ2v) is 6.59. The number of carbonyl (C=O) groups excluding carboxylic acids is 2. The van der Waals surface area contributed by atoms with Gasteiger partial charge in [-0.25, -0.2) is 0 Å². The number of rotatable bonds is 3. The molecule has 0 aliphatic carbocycles. The van der Waals surface area contributed by atoms with Crippen LogP contribution in [0.15, 0.2) is 11.4 Å². The van der Waals surface area contributed by atoms with Crippen LogP contribution < -0.4 is 11.1 Å². The monoisotopic (exact) mass is 294 g/mol. The highest BCUT2D eigenvalue weighted by atomic mass is 32.1. The summed E-state index contributed by atoms with van der Waals surface area (Å²) >= 11 is 2.89. The maximum Gasteiger partial charge on any atom is 0.257 e. The number of anilines is 1. The first-order valence-electron chi connectivity index (χ1n) is 5.66. The van der Waals surface area contributed by atoms with Gasteiger partial charge in [-0.3, -0.25) is 9.59 Å². The van der Waals surface area contributed by atoms with Gasteiger partial charge in [0.1, 0.15) is 5.00 Å². The molecule has 19 heavy (non-hydrogen) atoms. The number of amides is 2. The van der Waals surface area contributed by atoms with Crippen LogP contribution in [0.5, 0.6) is 0 Å². The van der Waals surface area contributed by atoms with E-state index < -0.39 is 5.91 Å². The summed E-state index contributed by atoms with van der Waals surface area (Å²) in [6.07, 6.45) is 0. The van der Waals surface area contributed by atoms with E-state index in [2.05, 4.69) is 5.32 Å². The van der Waals surface area contributed by atoms with Gasteiger partial charge >= 0.3 is 0 Å². The summed E-state index contributed by atoms with van der Waals surface area (Å²) in [6, 6.07) is 1.69. The Morgan fingerprint density at radius 2 is 1.89 bits per heavy atom. The van der Waals surface area contributed by atoms with E-state index in [1.54, 1.807) is 6.07 Å². The first kappa shape index (κ1) is 13.8. The van der Waals surface area contributed by atoms with E-state index in [-0.39, 0.29) is 5.91 Å². The fourth-order valence-corrected chi connectivity index (χ4v) is 3.48. The molecule has 0 aliphatic rings. The van der Waals surface area contributed by atoms with E-state index in [0.29, 0.717) is 16.1 Å². The number of hydrogen-bond acceptors (Lipinski definition) is 4. The van der Waals surface area contributed by atoms with Crippen molar-refractivity contribution in [3.63, 3.8) is 0 Å². The number of hydrogen-bond donors (Lipinski definition) is 2. The van der Waals surface area contributed by atoms with E-state index in [4.69, 9.17) is 5.73 Å². The van der Waals surface area contributed by atoms with E-state index in [1.165, 1.54) is 22.7 Å². The second kappa shape index (κ2) is 5.14. The van der Waals surface area contributed by atoms with Crippen LogP contribution in [-0.2, 0) is 0 Å². The van der Waals surface area contributed by atoms with Crippen molar-refractivity contribution in [2.75, 3.05) is 5.32 Å². The zero-order chi connectivity index (χ0) is 14.2. The zero-order valence-corrected chi connectivity index (χ0v) is 12.5. The second-order valence-electron chi connectivity index (χ2n) is 4.25. The molecule has 0 aliphatic heterocycles. The average Bonchev–Trinajstić information content (AvgIpc) is 2.84. The van der Waals surface area contributed by atoms with Gasteiger partial charge in [-0.15, -0.1) is 22.7 Å². The van der Waals surface area contributed by atoms with Crippen molar-refractivity contribution >= 4 is 39.5 Å². The summed E-state index contributed by atoms with van der Waals surface area (Å²) in [6.45, 7) is 5.75. The third-order valence-corrected chi connectivity index (χ3v) is 4.86. The maximum absolute atomic E-state index is 12.2. The molecule has 0 radical (unpaired) electrons.